The SMILES string of the molecule is CCNC(=NCCc1nc(C)c(C)s1)NCCc1ccccc1OC.I. The Bertz CT molecular complexity index is 683. The first-order chi connectivity index (χ1) is 12.1. The smallest absolute Gasteiger partial charge is 0.191 e. The number of halogens is 1. The van der Waals surface area contributed by atoms with Gasteiger partial charge in [-0.15, -0.1) is 35.3 Å². The van der Waals surface area contributed by atoms with Gasteiger partial charge in [-0.1, -0.05) is 18.2 Å². The van der Waals surface area contributed by atoms with Gasteiger partial charge in [0, 0.05) is 30.9 Å². The average molecular weight is 488 g/mol. The summed E-state index contributed by atoms with van der Waals surface area (Å²) < 4.78 is 5.40. The lowest BCUT2D eigenvalue weighted by molar-refractivity contribution is 0.409. The molecule has 0 amide bonds. The molecule has 1 heterocycles. The second-order valence-electron chi connectivity index (χ2n) is 5.75. The summed E-state index contributed by atoms with van der Waals surface area (Å²) in [4.78, 5) is 10.5. The number of hydrogen-bond acceptors (Lipinski definition) is 4. The summed E-state index contributed by atoms with van der Waals surface area (Å²) in [6.07, 6.45) is 1.77. The van der Waals surface area contributed by atoms with Crippen molar-refractivity contribution < 1.29 is 4.74 Å². The highest BCUT2D eigenvalue weighted by atomic mass is 127. The Balaban J connectivity index is 0.00000338. The molecule has 2 N–H and O–H groups in total. The van der Waals surface area contributed by atoms with E-state index in [0.29, 0.717) is 0 Å². The fourth-order valence-corrected chi connectivity index (χ4v) is 3.40. The first-order valence-corrected chi connectivity index (χ1v) is 9.52. The van der Waals surface area contributed by atoms with Gasteiger partial charge in [-0.05, 0) is 38.8 Å². The van der Waals surface area contributed by atoms with Gasteiger partial charge >= 0.3 is 0 Å². The molecule has 0 fully saturated rings. The van der Waals surface area contributed by atoms with Crippen molar-refractivity contribution in [3.63, 3.8) is 0 Å². The van der Waals surface area contributed by atoms with Crippen LogP contribution in [0, 0.1) is 13.8 Å². The van der Waals surface area contributed by atoms with Crippen LogP contribution in [0.5, 0.6) is 5.75 Å². The van der Waals surface area contributed by atoms with Crippen molar-refractivity contribution in [2.24, 2.45) is 4.99 Å². The molecule has 0 spiro atoms. The topological polar surface area (TPSA) is 58.5 Å². The van der Waals surface area contributed by atoms with Crippen molar-refractivity contribution in [2.45, 2.75) is 33.6 Å². The number of aryl methyl sites for hydroxylation is 2. The van der Waals surface area contributed by atoms with Crippen LogP contribution in [-0.4, -0.2) is 37.7 Å². The molecule has 0 atom stereocenters. The molecule has 0 aliphatic rings. The number of rotatable bonds is 8. The number of methoxy groups -OCH3 is 1. The predicted octanol–water partition coefficient (Wildman–Crippen LogP) is 3.73. The second-order valence-corrected chi connectivity index (χ2v) is 7.04. The number of guanidine groups is 1. The Labute approximate surface area is 177 Å². The van der Waals surface area contributed by atoms with E-state index in [1.54, 1.807) is 18.4 Å². The molecule has 5 nitrogen and oxygen atoms in total. The van der Waals surface area contributed by atoms with E-state index in [0.717, 1.165) is 54.9 Å². The van der Waals surface area contributed by atoms with E-state index in [2.05, 4.69) is 47.4 Å². The number of para-hydroxylation sites is 1. The highest BCUT2D eigenvalue weighted by Crippen LogP contribution is 2.17. The maximum absolute atomic E-state index is 5.40. The molecule has 0 aliphatic heterocycles. The third-order valence-corrected chi connectivity index (χ3v) is 5.02. The van der Waals surface area contributed by atoms with Crippen LogP contribution in [0.15, 0.2) is 29.3 Å². The summed E-state index contributed by atoms with van der Waals surface area (Å²) >= 11 is 1.76. The molecule has 1 aromatic carbocycles. The van der Waals surface area contributed by atoms with Crippen LogP contribution >= 0.6 is 35.3 Å². The lowest BCUT2D eigenvalue weighted by Crippen LogP contribution is -2.38. The molecule has 0 bridgehead atoms. The zero-order valence-electron chi connectivity index (χ0n) is 16.0. The van der Waals surface area contributed by atoms with Gasteiger partial charge in [0.15, 0.2) is 5.96 Å². The van der Waals surface area contributed by atoms with Crippen LogP contribution in [-0.2, 0) is 12.8 Å². The van der Waals surface area contributed by atoms with Gasteiger partial charge in [-0.2, -0.15) is 0 Å². The number of ether oxygens (including phenoxy) is 1. The molecule has 0 unspecified atom stereocenters. The number of thiazole rings is 1. The monoisotopic (exact) mass is 488 g/mol. The maximum atomic E-state index is 5.40. The van der Waals surface area contributed by atoms with E-state index < -0.39 is 0 Å². The summed E-state index contributed by atoms with van der Waals surface area (Å²) in [5.41, 5.74) is 2.33. The summed E-state index contributed by atoms with van der Waals surface area (Å²) in [5.74, 6) is 1.78. The molecule has 1 aromatic heterocycles. The van der Waals surface area contributed by atoms with Crippen LogP contribution in [0.25, 0.3) is 0 Å². The van der Waals surface area contributed by atoms with Gasteiger partial charge in [0.25, 0.3) is 0 Å². The van der Waals surface area contributed by atoms with Crippen LogP contribution in [0.1, 0.15) is 28.1 Å². The van der Waals surface area contributed by atoms with E-state index >= 15 is 0 Å². The number of aromatic nitrogens is 1. The van der Waals surface area contributed by atoms with Crippen molar-refractivity contribution in [1.82, 2.24) is 15.6 Å². The lowest BCUT2D eigenvalue weighted by Gasteiger charge is -2.12. The van der Waals surface area contributed by atoms with Crippen LogP contribution in [0.2, 0.25) is 0 Å². The van der Waals surface area contributed by atoms with Crippen molar-refractivity contribution in [3.8, 4) is 5.75 Å². The van der Waals surface area contributed by atoms with E-state index in [9.17, 15) is 0 Å². The summed E-state index contributed by atoms with van der Waals surface area (Å²) in [7, 11) is 1.71. The van der Waals surface area contributed by atoms with Crippen molar-refractivity contribution >= 4 is 41.3 Å². The minimum atomic E-state index is 0. The third-order valence-electron chi connectivity index (χ3n) is 3.89. The van der Waals surface area contributed by atoms with Crippen molar-refractivity contribution in [3.05, 3.63) is 45.4 Å². The van der Waals surface area contributed by atoms with Gasteiger partial charge in [-0.3, -0.25) is 4.99 Å². The maximum Gasteiger partial charge on any atom is 0.191 e. The van der Waals surface area contributed by atoms with Crippen molar-refractivity contribution in [2.75, 3.05) is 26.7 Å². The fourth-order valence-electron chi connectivity index (χ4n) is 2.48. The Morgan fingerprint density at radius 2 is 1.96 bits per heavy atom. The van der Waals surface area contributed by atoms with Crippen molar-refractivity contribution in [1.29, 1.82) is 0 Å². The van der Waals surface area contributed by atoms with E-state index in [4.69, 9.17) is 4.74 Å². The number of aliphatic imine (C=N–C) groups is 1. The standard InChI is InChI=1S/C19H28N4OS.HI/c1-5-20-19(22-13-11-18-23-14(2)15(3)25-18)21-12-10-16-8-6-7-9-17(16)24-4;/h6-9H,5,10-13H2,1-4H3,(H2,20,21,22);1H. The highest BCUT2D eigenvalue weighted by Gasteiger charge is 2.04. The first-order valence-electron chi connectivity index (χ1n) is 8.71. The fraction of sp³-hybridized carbons (Fsp3) is 0.474. The van der Waals surface area contributed by atoms with Gasteiger partial charge < -0.3 is 15.4 Å². The van der Waals surface area contributed by atoms with Crippen LogP contribution in [0.3, 0.4) is 0 Å². The average Bonchev–Trinajstić information content (AvgIpc) is 2.93. The van der Waals surface area contributed by atoms with Gasteiger partial charge in [0.2, 0.25) is 0 Å². The molecule has 26 heavy (non-hydrogen) atoms. The summed E-state index contributed by atoms with van der Waals surface area (Å²) in [5, 5.41) is 7.84. The minimum Gasteiger partial charge on any atom is -0.496 e. The Morgan fingerprint density at radius 3 is 2.62 bits per heavy atom. The highest BCUT2D eigenvalue weighted by molar-refractivity contribution is 14.0. The number of hydrogen-bond donors (Lipinski definition) is 2. The molecule has 0 saturated heterocycles. The predicted molar refractivity (Wildman–Crippen MR) is 121 cm³/mol. The molecular weight excluding hydrogens is 459 g/mol. The van der Waals surface area contributed by atoms with E-state index in [-0.39, 0.29) is 24.0 Å². The zero-order valence-corrected chi connectivity index (χ0v) is 19.1. The Morgan fingerprint density at radius 1 is 1.19 bits per heavy atom. The number of nitrogens with one attached hydrogen (secondary N) is 2. The second kappa shape index (κ2) is 12.1. The van der Waals surface area contributed by atoms with E-state index in [1.165, 1.54) is 10.4 Å². The Kier molecular flexibility index (Phi) is 10.6. The molecule has 0 saturated carbocycles. The normalized spacial score (nSPS) is 11.0. The minimum absolute atomic E-state index is 0. The molecule has 2 rings (SSSR count). The van der Waals surface area contributed by atoms with Gasteiger partial charge in [0.05, 0.1) is 17.8 Å². The molecule has 7 heteroatoms. The van der Waals surface area contributed by atoms with Crippen LogP contribution < -0.4 is 15.4 Å². The first kappa shape index (κ1) is 22.7. The molecule has 0 radical (unpaired) electrons. The van der Waals surface area contributed by atoms with E-state index in [1.807, 2.05) is 18.2 Å². The van der Waals surface area contributed by atoms with Gasteiger partial charge in [-0.25, -0.2) is 4.98 Å². The molecule has 2 aromatic rings. The molecule has 0 aliphatic carbocycles. The zero-order chi connectivity index (χ0) is 18.1. The molecular formula is C19H29IN4OS. The number of nitrogens with zero attached hydrogens (tertiary/aromatic N) is 2. The quantitative estimate of drug-likeness (QED) is 0.338. The third kappa shape index (κ3) is 7.11. The van der Waals surface area contributed by atoms with Crippen LogP contribution in [0.4, 0.5) is 0 Å². The molecule has 144 valence electrons. The Hall–Kier alpha value is -1.35. The largest absolute Gasteiger partial charge is 0.496 e. The summed E-state index contributed by atoms with van der Waals surface area (Å²) in [6.45, 7) is 8.63. The lowest BCUT2D eigenvalue weighted by atomic mass is 10.1. The van der Waals surface area contributed by atoms with Gasteiger partial charge in [0.1, 0.15) is 5.75 Å². The summed E-state index contributed by atoms with van der Waals surface area (Å²) in [6, 6.07) is 8.11. The number of benzene rings is 1.